The maximum Gasteiger partial charge on any atom is 0.254 e. The highest BCUT2D eigenvalue weighted by Crippen LogP contribution is 2.23. The maximum absolute atomic E-state index is 13.0. The molecule has 1 aliphatic rings. The second-order valence-corrected chi connectivity index (χ2v) is 7.06. The van der Waals surface area contributed by atoms with Gasteiger partial charge in [0.05, 0.1) is 0 Å². The van der Waals surface area contributed by atoms with Gasteiger partial charge in [0.15, 0.2) is 0 Å². The number of nitrogens with zero attached hydrogens (tertiary/aromatic N) is 2. The van der Waals surface area contributed by atoms with Crippen molar-refractivity contribution >= 4 is 11.6 Å². The Kier molecular flexibility index (Phi) is 5.29. The Hall–Kier alpha value is -3.27. The van der Waals surface area contributed by atoms with E-state index in [0.29, 0.717) is 11.3 Å². The van der Waals surface area contributed by atoms with E-state index < -0.39 is 0 Å². The lowest BCUT2D eigenvalue weighted by molar-refractivity contribution is 0.0746. The number of carbonyl (C=O) groups is 1. The predicted molar refractivity (Wildman–Crippen MR) is 112 cm³/mol. The molecule has 4 heteroatoms. The molecular weight excluding hydrogens is 348 g/mol. The number of benzene rings is 3. The van der Waals surface area contributed by atoms with Crippen LogP contribution in [0.15, 0.2) is 78.9 Å². The van der Waals surface area contributed by atoms with Crippen molar-refractivity contribution in [2.75, 3.05) is 31.1 Å². The van der Waals surface area contributed by atoms with Gasteiger partial charge in [0, 0.05) is 37.4 Å². The first-order valence-corrected chi connectivity index (χ1v) is 9.63. The van der Waals surface area contributed by atoms with Gasteiger partial charge in [-0.2, -0.15) is 0 Å². The zero-order valence-corrected chi connectivity index (χ0v) is 16.0. The number of amides is 1. The number of ether oxygens (including phenoxy) is 1. The number of rotatable bonds is 4. The van der Waals surface area contributed by atoms with Crippen LogP contribution in [0.25, 0.3) is 0 Å². The summed E-state index contributed by atoms with van der Waals surface area (Å²) in [5.41, 5.74) is 3.15. The van der Waals surface area contributed by atoms with Crippen molar-refractivity contribution < 1.29 is 9.53 Å². The third kappa shape index (κ3) is 4.17. The summed E-state index contributed by atoms with van der Waals surface area (Å²) < 4.78 is 5.86. The fraction of sp³-hybridized carbons (Fsp3) is 0.208. The molecule has 3 aromatic rings. The fourth-order valence-corrected chi connectivity index (χ4v) is 3.49. The van der Waals surface area contributed by atoms with E-state index in [2.05, 4.69) is 36.1 Å². The molecule has 1 aliphatic heterocycles. The highest BCUT2D eigenvalue weighted by atomic mass is 16.5. The quantitative estimate of drug-likeness (QED) is 0.663. The lowest BCUT2D eigenvalue weighted by Crippen LogP contribution is -2.48. The highest BCUT2D eigenvalue weighted by molar-refractivity contribution is 5.94. The SMILES string of the molecule is Cc1cccc(N2CCN(C(=O)c3cccc(Oc4ccccc4)c3)CC2)c1. The molecular formula is C24H24N2O2. The molecule has 142 valence electrons. The largest absolute Gasteiger partial charge is 0.457 e. The van der Waals surface area contributed by atoms with E-state index in [4.69, 9.17) is 4.74 Å². The van der Waals surface area contributed by atoms with Crippen LogP contribution >= 0.6 is 0 Å². The van der Waals surface area contributed by atoms with E-state index in [1.807, 2.05) is 59.5 Å². The summed E-state index contributed by atoms with van der Waals surface area (Å²) in [6.45, 7) is 5.23. The number of piperazine rings is 1. The van der Waals surface area contributed by atoms with Crippen LogP contribution in [-0.2, 0) is 0 Å². The van der Waals surface area contributed by atoms with Crippen LogP contribution in [0, 0.1) is 6.92 Å². The summed E-state index contributed by atoms with van der Waals surface area (Å²) >= 11 is 0. The van der Waals surface area contributed by atoms with E-state index in [0.717, 1.165) is 31.9 Å². The molecule has 28 heavy (non-hydrogen) atoms. The van der Waals surface area contributed by atoms with E-state index in [-0.39, 0.29) is 5.91 Å². The molecule has 4 nitrogen and oxygen atoms in total. The minimum absolute atomic E-state index is 0.0578. The van der Waals surface area contributed by atoms with Crippen molar-refractivity contribution in [3.8, 4) is 11.5 Å². The normalized spacial score (nSPS) is 14.0. The molecule has 0 unspecified atom stereocenters. The Bertz CT molecular complexity index is 948. The molecule has 1 saturated heterocycles. The molecule has 3 aromatic carbocycles. The second kappa shape index (κ2) is 8.17. The third-order valence-electron chi connectivity index (χ3n) is 4.99. The number of carbonyl (C=O) groups excluding carboxylic acids is 1. The van der Waals surface area contributed by atoms with Gasteiger partial charge in [-0.3, -0.25) is 4.79 Å². The van der Waals surface area contributed by atoms with Crippen molar-refractivity contribution in [3.05, 3.63) is 90.0 Å². The van der Waals surface area contributed by atoms with Gasteiger partial charge in [0.2, 0.25) is 0 Å². The summed E-state index contributed by atoms with van der Waals surface area (Å²) in [4.78, 5) is 17.2. The van der Waals surface area contributed by atoms with Gasteiger partial charge >= 0.3 is 0 Å². The fourth-order valence-electron chi connectivity index (χ4n) is 3.49. The molecule has 0 radical (unpaired) electrons. The Morgan fingerprint density at radius 1 is 0.786 bits per heavy atom. The third-order valence-corrected chi connectivity index (χ3v) is 4.99. The standard InChI is InChI=1S/C24H24N2O2/c1-19-7-5-9-21(17-19)25-13-15-26(16-14-25)24(27)20-8-6-12-23(18-20)28-22-10-3-2-4-11-22/h2-12,17-18H,13-16H2,1H3. The Labute approximate surface area is 166 Å². The second-order valence-electron chi connectivity index (χ2n) is 7.06. The van der Waals surface area contributed by atoms with Gasteiger partial charge in [-0.15, -0.1) is 0 Å². The van der Waals surface area contributed by atoms with E-state index in [1.54, 1.807) is 0 Å². The van der Waals surface area contributed by atoms with E-state index in [9.17, 15) is 4.79 Å². The number of hydrogen-bond donors (Lipinski definition) is 0. The average Bonchev–Trinajstić information content (AvgIpc) is 2.74. The van der Waals surface area contributed by atoms with Gasteiger partial charge in [-0.05, 0) is 55.0 Å². The minimum Gasteiger partial charge on any atom is -0.457 e. The summed E-state index contributed by atoms with van der Waals surface area (Å²) in [5.74, 6) is 1.50. The number of hydrogen-bond acceptors (Lipinski definition) is 3. The van der Waals surface area contributed by atoms with Crippen LogP contribution in [0.3, 0.4) is 0 Å². The zero-order chi connectivity index (χ0) is 19.3. The van der Waals surface area contributed by atoms with Crippen LogP contribution < -0.4 is 9.64 Å². The number of aryl methyl sites for hydroxylation is 1. The molecule has 0 atom stereocenters. The smallest absolute Gasteiger partial charge is 0.254 e. The van der Waals surface area contributed by atoms with Gasteiger partial charge in [-0.1, -0.05) is 36.4 Å². The topological polar surface area (TPSA) is 32.8 Å². The summed E-state index contributed by atoms with van der Waals surface area (Å²) in [7, 11) is 0. The summed E-state index contributed by atoms with van der Waals surface area (Å²) in [6, 6.07) is 25.5. The van der Waals surface area contributed by atoms with Crippen molar-refractivity contribution in [1.29, 1.82) is 0 Å². The lowest BCUT2D eigenvalue weighted by Gasteiger charge is -2.36. The first-order valence-electron chi connectivity index (χ1n) is 9.63. The molecule has 0 aliphatic carbocycles. The van der Waals surface area contributed by atoms with E-state index >= 15 is 0 Å². The van der Waals surface area contributed by atoms with Gasteiger partial charge in [0.1, 0.15) is 11.5 Å². The molecule has 1 fully saturated rings. The Morgan fingerprint density at radius 2 is 1.50 bits per heavy atom. The van der Waals surface area contributed by atoms with Crippen LogP contribution in [0.5, 0.6) is 11.5 Å². The lowest BCUT2D eigenvalue weighted by atomic mass is 10.1. The van der Waals surface area contributed by atoms with Crippen molar-refractivity contribution in [1.82, 2.24) is 4.90 Å². The highest BCUT2D eigenvalue weighted by Gasteiger charge is 2.22. The molecule has 0 spiro atoms. The first kappa shape index (κ1) is 18.1. The van der Waals surface area contributed by atoms with E-state index in [1.165, 1.54) is 11.3 Å². The van der Waals surface area contributed by atoms with Gasteiger partial charge < -0.3 is 14.5 Å². The summed E-state index contributed by atoms with van der Waals surface area (Å²) in [6.07, 6.45) is 0. The Balaban J connectivity index is 1.41. The first-order chi connectivity index (χ1) is 13.7. The van der Waals surface area contributed by atoms with Crippen molar-refractivity contribution in [2.24, 2.45) is 0 Å². The molecule has 0 bridgehead atoms. The number of anilines is 1. The van der Waals surface area contributed by atoms with Crippen LogP contribution in [0.2, 0.25) is 0 Å². The van der Waals surface area contributed by atoms with Crippen molar-refractivity contribution in [3.63, 3.8) is 0 Å². The minimum atomic E-state index is 0.0578. The van der Waals surface area contributed by atoms with Gasteiger partial charge in [-0.25, -0.2) is 0 Å². The molecule has 1 amide bonds. The maximum atomic E-state index is 13.0. The van der Waals surface area contributed by atoms with Crippen LogP contribution in [-0.4, -0.2) is 37.0 Å². The van der Waals surface area contributed by atoms with Crippen molar-refractivity contribution in [2.45, 2.75) is 6.92 Å². The summed E-state index contributed by atoms with van der Waals surface area (Å²) in [5, 5.41) is 0. The van der Waals surface area contributed by atoms with Crippen LogP contribution in [0.4, 0.5) is 5.69 Å². The average molecular weight is 372 g/mol. The number of para-hydroxylation sites is 1. The monoisotopic (exact) mass is 372 g/mol. The predicted octanol–water partition coefficient (Wildman–Crippen LogP) is 4.75. The zero-order valence-electron chi connectivity index (χ0n) is 16.0. The van der Waals surface area contributed by atoms with Gasteiger partial charge in [0.25, 0.3) is 5.91 Å². The molecule has 0 N–H and O–H groups in total. The molecule has 0 aromatic heterocycles. The molecule has 1 heterocycles. The molecule has 4 rings (SSSR count). The molecule has 0 saturated carbocycles. The van der Waals surface area contributed by atoms with Crippen LogP contribution in [0.1, 0.15) is 15.9 Å². The Morgan fingerprint density at radius 3 is 2.25 bits per heavy atom.